The Balaban J connectivity index is 1.85. The van der Waals surface area contributed by atoms with Gasteiger partial charge in [0.15, 0.2) is 10.9 Å². The van der Waals surface area contributed by atoms with E-state index < -0.39 is 5.91 Å². The van der Waals surface area contributed by atoms with Gasteiger partial charge in [-0.25, -0.2) is 10.8 Å². The fourth-order valence-electron chi connectivity index (χ4n) is 1.31. The Morgan fingerprint density at radius 2 is 2.44 bits per heavy atom. The molecular formula is C9H13N7OS. The van der Waals surface area contributed by atoms with E-state index in [1.165, 1.54) is 0 Å². The summed E-state index contributed by atoms with van der Waals surface area (Å²) in [6, 6.07) is 0. The van der Waals surface area contributed by atoms with Crippen LogP contribution >= 0.6 is 11.8 Å². The average molecular weight is 267 g/mol. The number of carbonyl (C=O) groups excluding carboxylic acids is 1. The number of aryl methyl sites for hydroxylation is 2. The lowest BCUT2D eigenvalue weighted by Crippen LogP contribution is -2.30. The van der Waals surface area contributed by atoms with Crippen LogP contribution in [0, 0.1) is 0 Å². The number of rotatable bonds is 5. The first kappa shape index (κ1) is 12.6. The van der Waals surface area contributed by atoms with Crippen LogP contribution in [0.25, 0.3) is 0 Å². The molecule has 0 aliphatic rings. The van der Waals surface area contributed by atoms with E-state index in [-0.39, 0.29) is 5.69 Å². The average Bonchev–Trinajstić information content (AvgIpc) is 2.99. The molecule has 2 rings (SSSR count). The van der Waals surface area contributed by atoms with Gasteiger partial charge in [-0.3, -0.25) is 14.9 Å². The lowest BCUT2D eigenvalue weighted by molar-refractivity contribution is 0.0948. The van der Waals surface area contributed by atoms with Crippen molar-refractivity contribution in [1.29, 1.82) is 0 Å². The normalized spacial score (nSPS) is 10.6. The molecule has 0 saturated carbocycles. The molecule has 9 heteroatoms. The van der Waals surface area contributed by atoms with Gasteiger partial charge in [0.1, 0.15) is 0 Å². The van der Waals surface area contributed by atoms with Gasteiger partial charge in [0.05, 0.1) is 12.7 Å². The minimum atomic E-state index is -0.446. The van der Waals surface area contributed by atoms with Crippen molar-refractivity contribution in [2.75, 3.05) is 5.75 Å². The van der Waals surface area contributed by atoms with Crippen molar-refractivity contribution < 1.29 is 4.79 Å². The number of imidazole rings is 1. The maximum Gasteiger partial charge on any atom is 0.287 e. The lowest BCUT2D eigenvalue weighted by atomic mass is 10.5. The molecule has 0 aromatic carbocycles. The Labute approximate surface area is 108 Å². The Bertz CT molecular complexity index is 535. The number of nitrogens with one attached hydrogen (secondary N) is 1. The van der Waals surface area contributed by atoms with Crippen LogP contribution < -0.4 is 11.3 Å². The third-order valence-corrected chi connectivity index (χ3v) is 3.27. The molecule has 3 N–H and O–H groups in total. The van der Waals surface area contributed by atoms with Crippen LogP contribution in [0.3, 0.4) is 0 Å². The largest absolute Gasteiger partial charge is 0.329 e. The van der Waals surface area contributed by atoms with Crippen LogP contribution in [-0.2, 0) is 13.6 Å². The zero-order chi connectivity index (χ0) is 13.0. The Kier molecular flexibility index (Phi) is 3.95. The molecule has 0 aliphatic carbocycles. The second-order valence-electron chi connectivity index (χ2n) is 3.51. The van der Waals surface area contributed by atoms with Crippen molar-refractivity contribution in [3.63, 3.8) is 0 Å². The van der Waals surface area contributed by atoms with E-state index in [2.05, 4.69) is 15.3 Å². The Hall–Kier alpha value is -1.87. The zero-order valence-electron chi connectivity index (χ0n) is 9.78. The van der Waals surface area contributed by atoms with Gasteiger partial charge in [-0.15, -0.1) is 5.10 Å². The summed E-state index contributed by atoms with van der Waals surface area (Å²) in [7, 11) is 1.94. The molecule has 0 bridgehead atoms. The smallest absolute Gasteiger partial charge is 0.287 e. The van der Waals surface area contributed by atoms with Crippen LogP contribution in [0.2, 0.25) is 0 Å². The Morgan fingerprint density at radius 3 is 3.11 bits per heavy atom. The summed E-state index contributed by atoms with van der Waals surface area (Å²) in [6.07, 6.45) is 5.20. The van der Waals surface area contributed by atoms with E-state index in [9.17, 15) is 4.79 Å². The summed E-state index contributed by atoms with van der Waals surface area (Å²) in [5, 5.41) is 8.49. The van der Waals surface area contributed by atoms with E-state index in [1.807, 2.05) is 23.2 Å². The standard InChI is InChI=1S/C9H13N7OS/c1-15-3-2-11-9(15)18-5-4-16-6-7(13-14-16)8(17)12-10/h2-3,6H,4-5,10H2,1H3,(H,12,17). The van der Waals surface area contributed by atoms with Gasteiger partial charge in [0, 0.05) is 25.2 Å². The van der Waals surface area contributed by atoms with Crippen LogP contribution in [0.15, 0.2) is 23.7 Å². The second-order valence-corrected chi connectivity index (χ2v) is 4.57. The summed E-state index contributed by atoms with van der Waals surface area (Å²) in [5.74, 6) is 5.35. The van der Waals surface area contributed by atoms with Crippen molar-refractivity contribution in [3.8, 4) is 0 Å². The summed E-state index contributed by atoms with van der Waals surface area (Å²) < 4.78 is 3.54. The van der Waals surface area contributed by atoms with E-state index >= 15 is 0 Å². The monoisotopic (exact) mass is 267 g/mol. The molecule has 0 unspecified atom stereocenters. The number of carbonyl (C=O) groups is 1. The first-order chi connectivity index (χ1) is 8.70. The van der Waals surface area contributed by atoms with Gasteiger partial charge in [-0.1, -0.05) is 17.0 Å². The van der Waals surface area contributed by atoms with Crippen LogP contribution in [-0.4, -0.2) is 36.2 Å². The van der Waals surface area contributed by atoms with Gasteiger partial charge in [0.2, 0.25) is 0 Å². The number of nitrogen functional groups attached to an aromatic ring is 1. The number of hydrogen-bond donors (Lipinski definition) is 2. The second kappa shape index (κ2) is 5.65. The fraction of sp³-hybridized carbons (Fsp3) is 0.333. The molecule has 2 heterocycles. The van der Waals surface area contributed by atoms with Gasteiger partial charge in [-0.05, 0) is 0 Å². The van der Waals surface area contributed by atoms with E-state index in [4.69, 9.17) is 5.84 Å². The molecule has 0 atom stereocenters. The first-order valence-corrected chi connectivity index (χ1v) is 6.20. The molecule has 8 nitrogen and oxygen atoms in total. The number of nitrogens with zero attached hydrogens (tertiary/aromatic N) is 5. The third kappa shape index (κ3) is 2.87. The topological polar surface area (TPSA) is 104 Å². The SMILES string of the molecule is Cn1ccnc1SCCn1cc(C(=O)NN)nn1. The number of hydrogen-bond acceptors (Lipinski definition) is 6. The number of aromatic nitrogens is 5. The summed E-state index contributed by atoms with van der Waals surface area (Å²) in [6.45, 7) is 0.641. The summed E-state index contributed by atoms with van der Waals surface area (Å²) >= 11 is 1.61. The molecule has 18 heavy (non-hydrogen) atoms. The third-order valence-electron chi connectivity index (χ3n) is 2.23. The Morgan fingerprint density at radius 1 is 1.61 bits per heavy atom. The molecule has 2 aromatic rings. The number of nitrogens with two attached hydrogens (primary N) is 1. The van der Waals surface area contributed by atoms with Crippen molar-refractivity contribution in [2.24, 2.45) is 12.9 Å². The van der Waals surface area contributed by atoms with Gasteiger partial charge in [-0.2, -0.15) is 0 Å². The predicted octanol–water partition coefficient (Wildman–Crippen LogP) is -0.593. The van der Waals surface area contributed by atoms with E-state index in [0.29, 0.717) is 6.54 Å². The highest BCUT2D eigenvalue weighted by Gasteiger charge is 2.08. The van der Waals surface area contributed by atoms with Crippen LogP contribution in [0.5, 0.6) is 0 Å². The highest BCUT2D eigenvalue weighted by Crippen LogP contribution is 2.14. The summed E-state index contributed by atoms with van der Waals surface area (Å²) in [5.41, 5.74) is 2.22. The highest BCUT2D eigenvalue weighted by atomic mass is 32.2. The first-order valence-electron chi connectivity index (χ1n) is 5.22. The van der Waals surface area contributed by atoms with Crippen molar-refractivity contribution in [2.45, 2.75) is 11.7 Å². The van der Waals surface area contributed by atoms with Gasteiger partial charge >= 0.3 is 0 Å². The van der Waals surface area contributed by atoms with E-state index in [1.54, 1.807) is 28.8 Å². The molecule has 0 saturated heterocycles. The molecular weight excluding hydrogens is 254 g/mol. The highest BCUT2D eigenvalue weighted by molar-refractivity contribution is 7.99. The van der Waals surface area contributed by atoms with Crippen molar-refractivity contribution in [1.82, 2.24) is 30.0 Å². The molecule has 1 amide bonds. The molecule has 0 radical (unpaired) electrons. The molecule has 96 valence electrons. The van der Waals surface area contributed by atoms with Gasteiger partial charge < -0.3 is 4.57 Å². The fourth-order valence-corrected chi connectivity index (χ4v) is 2.17. The minimum Gasteiger partial charge on any atom is -0.329 e. The minimum absolute atomic E-state index is 0.208. The quantitative estimate of drug-likeness (QED) is 0.325. The molecule has 2 aromatic heterocycles. The number of amides is 1. The summed E-state index contributed by atoms with van der Waals surface area (Å²) in [4.78, 5) is 15.4. The maximum absolute atomic E-state index is 11.2. The predicted molar refractivity (Wildman–Crippen MR) is 65.6 cm³/mol. The van der Waals surface area contributed by atoms with E-state index in [0.717, 1.165) is 10.9 Å². The number of thioether (sulfide) groups is 1. The molecule has 0 aliphatic heterocycles. The molecule has 0 spiro atoms. The molecule has 0 fully saturated rings. The number of hydrazine groups is 1. The van der Waals surface area contributed by atoms with Crippen molar-refractivity contribution in [3.05, 3.63) is 24.3 Å². The lowest BCUT2D eigenvalue weighted by Gasteiger charge is -2.01. The van der Waals surface area contributed by atoms with Crippen molar-refractivity contribution >= 4 is 17.7 Å². The zero-order valence-corrected chi connectivity index (χ0v) is 10.6. The van der Waals surface area contributed by atoms with Gasteiger partial charge in [0.25, 0.3) is 5.91 Å². The van der Waals surface area contributed by atoms with Crippen LogP contribution in [0.4, 0.5) is 0 Å². The van der Waals surface area contributed by atoms with Crippen LogP contribution in [0.1, 0.15) is 10.5 Å². The maximum atomic E-state index is 11.2.